The molecule has 0 radical (unpaired) electrons. The van der Waals surface area contributed by atoms with E-state index in [0.29, 0.717) is 15.6 Å². The second kappa shape index (κ2) is 4.91. The summed E-state index contributed by atoms with van der Waals surface area (Å²) in [5, 5.41) is 17.6. The van der Waals surface area contributed by atoms with Crippen LogP contribution in [0.1, 0.15) is 17.0 Å². The summed E-state index contributed by atoms with van der Waals surface area (Å²) < 4.78 is 0.652. The zero-order valence-electron chi connectivity index (χ0n) is 7.77. The molecule has 4 nitrogen and oxygen atoms in total. The largest absolute Gasteiger partial charge is 0.481 e. The van der Waals surface area contributed by atoms with Crippen LogP contribution in [0.15, 0.2) is 22.7 Å². The summed E-state index contributed by atoms with van der Waals surface area (Å²) in [4.78, 5) is 10.9. The van der Waals surface area contributed by atoms with Crippen LogP contribution in [-0.4, -0.2) is 17.6 Å². The third kappa shape index (κ3) is 2.55. The molecule has 0 saturated heterocycles. The summed E-state index contributed by atoms with van der Waals surface area (Å²) in [5.41, 5.74) is 6.34. The lowest BCUT2D eigenvalue weighted by Gasteiger charge is -2.12. The maximum atomic E-state index is 10.9. The van der Waals surface area contributed by atoms with Crippen LogP contribution in [0.25, 0.3) is 0 Å². The maximum Gasteiger partial charge on any atom is 0.312 e. The van der Waals surface area contributed by atoms with Gasteiger partial charge in [0.05, 0.1) is 17.6 Å². The number of carboxylic acid groups (broad SMARTS) is 1. The first kappa shape index (κ1) is 11.7. The lowest BCUT2D eigenvalue weighted by molar-refractivity contribution is -0.138. The van der Waals surface area contributed by atoms with Gasteiger partial charge in [-0.1, -0.05) is 15.9 Å². The Balaban J connectivity index is 3.22. The SMILES string of the molecule is N#Cc1ccc(Br)c(C(CN)C(=O)O)c1. The van der Waals surface area contributed by atoms with E-state index in [4.69, 9.17) is 16.1 Å². The van der Waals surface area contributed by atoms with E-state index in [2.05, 4.69) is 15.9 Å². The van der Waals surface area contributed by atoms with E-state index < -0.39 is 11.9 Å². The second-order valence-corrected chi connectivity index (χ2v) is 3.83. The highest BCUT2D eigenvalue weighted by molar-refractivity contribution is 9.10. The van der Waals surface area contributed by atoms with Gasteiger partial charge >= 0.3 is 5.97 Å². The fourth-order valence-electron chi connectivity index (χ4n) is 1.24. The van der Waals surface area contributed by atoms with Crippen molar-refractivity contribution in [1.82, 2.24) is 0 Å². The molecule has 0 fully saturated rings. The van der Waals surface area contributed by atoms with Crippen LogP contribution in [0.2, 0.25) is 0 Å². The predicted octanol–water partition coefficient (Wildman–Crippen LogP) is 1.45. The third-order valence-corrected chi connectivity index (χ3v) is 2.76. The van der Waals surface area contributed by atoms with Crippen LogP contribution in [0, 0.1) is 11.3 Å². The molecule has 0 aliphatic heterocycles. The van der Waals surface area contributed by atoms with E-state index >= 15 is 0 Å². The highest BCUT2D eigenvalue weighted by Crippen LogP contribution is 2.25. The van der Waals surface area contributed by atoms with Gasteiger partial charge in [-0.2, -0.15) is 5.26 Å². The van der Waals surface area contributed by atoms with Crippen LogP contribution in [-0.2, 0) is 4.79 Å². The molecule has 0 aliphatic rings. The van der Waals surface area contributed by atoms with Gasteiger partial charge < -0.3 is 10.8 Å². The highest BCUT2D eigenvalue weighted by atomic mass is 79.9. The number of hydrogen-bond acceptors (Lipinski definition) is 3. The van der Waals surface area contributed by atoms with Gasteiger partial charge in [0.1, 0.15) is 0 Å². The molecule has 1 atom stereocenters. The predicted molar refractivity (Wildman–Crippen MR) is 58.3 cm³/mol. The molecule has 5 heteroatoms. The van der Waals surface area contributed by atoms with Crippen molar-refractivity contribution in [2.75, 3.05) is 6.54 Å². The minimum atomic E-state index is -0.992. The van der Waals surface area contributed by atoms with Crippen molar-refractivity contribution >= 4 is 21.9 Å². The van der Waals surface area contributed by atoms with Gasteiger partial charge in [-0.3, -0.25) is 4.79 Å². The van der Waals surface area contributed by atoms with Gasteiger partial charge in [0.15, 0.2) is 0 Å². The molecule has 1 aromatic rings. The maximum absolute atomic E-state index is 10.9. The van der Waals surface area contributed by atoms with E-state index in [1.54, 1.807) is 12.1 Å². The second-order valence-electron chi connectivity index (χ2n) is 2.97. The molecule has 0 heterocycles. The van der Waals surface area contributed by atoms with Gasteiger partial charge in [0.25, 0.3) is 0 Å². The fourth-order valence-corrected chi connectivity index (χ4v) is 1.76. The van der Waals surface area contributed by atoms with Gasteiger partial charge in [0, 0.05) is 11.0 Å². The summed E-state index contributed by atoms with van der Waals surface area (Å²) >= 11 is 3.24. The number of nitrogens with two attached hydrogens (primary N) is 1. The molecule has 0 aliphatic carbocycles. The Morgan fingerprint density at radius 2 is 2.33 bits per heavy atom. The van der Waals surface area contributed by atoms with Gasteiger partial charge in [-0.15, -0.1) is 0 Å². The number of nitriles is 1. The monoisotopic (exact) mass is 268 g/mol. The van der Waals surface area contributed by atoms with Crippen molar-refractivity contribution in [3.05, 3.63) is 33.8 Å². The summed E-state index contributed by atoms with van der Waals surface area (Å²) in [6, 6.07) is 6.76. The van der Waals surface area contributed by atoms with Gasteiger partial charge in [0.2, 0.25) is 0 Å². The van der Waals surface area contributed by atoms with Crippen molar-refractivity contribution in [2.24, 2.45) is 5.73 Å². The quantitative estimate of drug-likeness (QED) is 0.869. The van der Waals surface area contributed by atoms with Crippen molar-refractivity contribution in [3.63, 3.8) is 0 Å². The van der Waals surface area contributed by atoms with E-state index in [9.17, 15) is 4.79 Å². The van der Waals surface area contributed by atoms with Crippen LogP contribution in [0.4, 0.5) is 0 Å². The minimum absolute atomic E-state index is 0.00279. The molecular formula is C10H9BrN2O2. The van der Waals surface area contributed by atoms with Crippen molar-refractivity contribution in [3.8, 4) is 6.07 Å². The number of nitrogens with zero attached hydrogens (tertiary/aromatic N) is 1. The summed E-state index contributed by atoms with van der Waals surface area (Å²) in [6.45, 7) is 0.00279. The zero-order chi connectivity index (χ0) is 11.4. The average molecular weight is 269 g/mol. The zero-order valence-corrected chi connectivity index (χ0v) is 9.36. The Hall–Kier alpha value is -1.38. The lowest BCUT2D eigenvalue weighted by Crippen LogP contribution is -2.21. The number of rotatable bonds is 3. The summed E-state index contributed by atoms with van der Waals surface area (Å²) in [6.07, 6.45) is 0. The van der Waals surface area contributed by atoms with Crippen LogP contribution < -0.4 is 5.73 Å². The number of carboxylic acids is 1. The number of benzene rings is 1. The van der Waals surface area contributed by atoms with Crippen molar-refractivity contribution in [2.45, 2.75) is 5.92 Å². The minimum Gasteiger partial charge on any atom is -0.481 e. The molecule has 0 saturated carbocycles. The summed E-state index contributed by atoms with van der Waals surface area (Å²) in [5.74, 6) is -1.78. The molecule has 0 spiro atoms. The fraction of sp³-hybridized carbons (Fsp3) is 0.200. The Morgan fingerprint density at radius 1 is 1.67 bits per heavy atom. The average Bonchev–Trinajstić information content (AvgIpc) is 2.21. The normalized spacial score (nSPS) is 11.8. The first-order chi connectivity index (χ1) is 7.10. The molecule has 1 rings (SSSR count). The number of hydrogen-bond donors (Lipinski definition) is 2. The van der Waals surface area contributed by atoms with E-state index in [-0.39, 0.29) is 6.54 Å². The van der Waals surface area contributed by atoms with Crippen molar-refractivity contribution in [1.29, 1.82) is 5.26 Å². The first-order valence-electron chi connectivity index (χ1n) is 4.22. The van der Waals surface area contributed by atoms with E-state index in [0.717, 1.165) is 0 Å². The van der Waals surface area contributed by atoms with Crippen molar-refractivity contribution < 1.29 is 9.90 Å². The molecule has 78 valence electrons. The molecule has 1 unspecified atom stereocenters. The Bertz CT molecular complexity index is 426. The topological polar surface area (TPSA) is 87.1 Å². The van der Waals surface area contributed by atoms with Crippen LogP contribution in [0.5, 0.6) is 0 Å². The summed E-state index contributed by atoms with van der Waals surface area (Å²) in [7, 11) is 0. The molecule has 0 amide bonds. The van der Waals surface area contributed by atoms with Crippen LogP contribution in [0.3, 0.4) is 0 Å². The Kier molecular flexibility index (Phi) is 3.83. The van der Waals surface area contributed by atoms with E-state index in [1.165, 1.54) is 6.07 Å². The van der Waals surface area contributed by atoms with Gasteiger partial charge in [-0.25, -0.2) is 0 Å². The van der Waals surface area contributed by atoms with E-state index in [1.807, 2.05) is 6.07 Å². The molecule has 1 aromatic carbocycles. The lowest BCUT2D eigenvalue weighted by atomic mass is 9.98. The van der Waals surface area contributed by atoms with Gasteiger partial charge in [-0.05, 0) is 23.8 Å². The number of carbonyl (C=O) groups is 1. The molecule has 0 bridgehead atoms. The smallest absolute Gasteiger partial charge is 0.312 e. The Morgan fingerprint density at radius 3 is 2.80 bits per heavy atom. The molecule has 3 N–H and O–H groups in total. The standard InChI is InChI=1S/C10H9BrN2O2/c11-9-2-1-6(4-12)3-7(9)8(5-13)10(14)15/h1-3,8H,5,13H2,(H,14,15). The molecule has 0 aromatic heterocycles. The first-order valence-corrected chi connectivity index (χ1v) is 5.02. The van der Waals surface area contributed by atoms with Crippen LogP contribution >= 0.6 is 15.9 Å². The number of aliphatic carboxylic acids is 1. The number of halogens is 1. The Labute approximate surface area is 95.4 Å². The highest BCUT2D eigenvalue weighted by Gasteiger charge is 2.20. The molecule has 15 heavy (non-hydrogen) atoms. The third-order valence-electron chi connectivity index (χ3n) is 2.03. The molecular weight excluding hydrogens is 260 g/mol.